The number of hydrogen-bond donors (Lipinski definition) is 1. The highest BCUT2D eigenvalue weighted by molar-refractivity contribution is 8.93. The molecule has 142 valence electrons. The summed E-state index contributed by atoms with van der Waals surface area (Å²) < 4.78 is 0. The number of rotatable bonds is 7. The highest BCUT2D eigenvalue weighted by Gasteiger charge is 2.32. The van der Waals surface area contributed by atoms with E-state index in [2.05, 4.69) is 83.5 Å². The van der Waals surface area contributed by atoms with Gasteiger partial charge in [0.1, 0.15) is 0 Å². The van der Waals surface area contributed by atoms with Gasteiger partial charge in [0.15, 0.2) is 0 Å². The van der Waals surface area contributed by atoms with Gasteiger partial charge < -0.3 is 5.32 Å². The van der Waals surface area contributed by atoms with Crippen molar-refractivity contribution in [1.29, 1.82) is 0 Å². The van der Waals surface area contributed by atoms with Crippen molar-refractivity contribution in [3.8, 4) is 0 Å². The average molecular weight is 482 g/mol. The Morgan fingerprint density at radius 3 is 1.96 bits per heavy atom. The van der Waals surface area contributed by atoms with E-state index in [4.69, 9.17) is 0 Å². The Hall–Kier alpha value is -0.940. The van der Waals surface area contributed by atoms with E-state index in [-0.39, 0.29) is 39.5 Å². The number of piperidine rings is 1. The molecular formula is C22H30Br2N2. The van der Waals surface area contributed by atoms with Gasteiger partial charge in [-0.2, -0.15) is 0 Å². The first kappa shape index (κ1) is 23.1. The minimum atomic E-state index is 0. The molecule has 1 fully saturated rings. The SMILES string of the molecule is Br.Br.C=CCC1(NCc2ccccc2)CCN(Cc2ccccc2)CC1. The molecule has 2 nitrogen and oxygen atoms in total. The number of nitrogens with one attached hydrogen (secondary N) is 1. The van der Waals surface area contributed by atoms with Crippen LogP contribution in [-0.2, 0) is 13.1 Å². The Morgan fingerprint density at radius 1 is 0.885 bits per heavy atom. The standard InChI is InChI=1S/C22H28N2.2BrH/c1-2-13-22(23-18-20-9-5-3-6-10-20)14-16-24(17-15-22)19-21-11-7-4-8-12-21;;/h2-12,23H,1,13-19H2;2*1H. The number of hydrogen-bond acceptors (Lipinski definition) is 2. The lowest BCUT2D eigenvalue weighted by Gasteiger charge is -2.42. The fourth-order valence-corrected chi connectivity index (χ4v) is 3.60. The van der Waals surface area contributed by atoms with E-state index in [0.29, 0.717) is 0 Å². The molecule has 0 spiro atoms. The van der Waals surface area contributed by atoms with Crippen LogP contribution in [0.3, 0.4) is 0 Å². The molecule has 26 heavy (non-hydrogen) atoms. The van der Waals surface area contributed by atoms with Crippen LogP contribution in [0, 0.1) is 0 Å². The minimum Gasteiger partial charge on any atom is -0.307 e. The first-order chi connectivity index (χ1) is 11.8. The number of nitrogens with zero attached hydrogens (tertiary/aromatic N) is 1. The van der Waals surface area contributed by atoms with E-state index >= 15 is 0 Å². The van der Waals surface area contributed by atoms with Crippen molar-refractivity contribution in [2.24, 2.45) is 0 Å². The summed E-state index contributed by atoms with van der Waals surface area (Å²) in [6.45, 7) is 8.27. The summed E-state index contributed by atoms with van der Waals surface area (Å²) in [5.74, 6) is 0. The number of halogens is 2. The molecule has 2 aromatic carbocycles. The van der Waals surface area contributed by atoms with Crippen molar-refractivity contribution >= 4 is 34.0 Å². The molecule has 0 aromatic heterocycles. The first-order valence-electron chi connectivity index (χ1n) is 8.96. The van der Waals surface area contributed by atoms with Crippen LogP contribution in [-0.4, -0.2) is 23.5 Å². The van der Waals surface area contributed by atoms with Crippen LogP contribution in [0.15, 0.2) is 73.3 Å². The van der Waals surface area contributed by atoms with Gasteiger partial charge in [0, 0.05) is 31.7 Å². The summed E-state index contributed by atoms with van der Waals surface area (Å²) in [7, 11) is 0. The highest BCUT2D eigenvalue weighted by Crippen LogP contribution is 2.27. The smallest absolute Gasteiger partial charge is 0.0243 e. The molecule has 0 saturated carbocycles. The number of benzene rings is 2. The lowest BCUT2D eigenvalue weighted by atomic mass is 9.84. The van der Waals surface area contributed by atoms with Gasteiger partial charge in [-0.3, -0.25) is 4.90 Å². The van der Waals surface area contributed by atoms with Crippen molar-refractivity contribution in [2.75, 3.05) is 13.1 Å². The molecule has 1 saturated heterocycles. The van der Waals surface area contributed by atoms with E-state index in [1.807, 2.05) is 0 Å². The van der Waals surface area contributed by atoms with Gasteiger partial charge in [-0.25, -0.2) is 0 Å². The van der Waals surface area contributed by atoms with Gasteiger partial charge in [0.2, 0.25) is 0 Å². The first-order valence-corrected chi connectivity index (χ1v) is 8.96. The minimum absolute atomic E-state index is 0. The van der Waals surface area contributed by atoms with E-state index < -0.39 is 0 Å². The van der Waals surface area contributed by atoms with Crippen molar-refractivity contribution in [3.05, 3.63) is 84.4 Å². The Balaban J connectivity index is 0.00000169. The second-order valence-electron chi connectivity index (χ2n) is 6.87. The molecule has 4 heteroatoms. The van der Waals surface area contributed by atoms with Gasteiger partial charge in [0.05, 0.1) is 0 Å². The maximum absolute atomic E-state index is 3.99. The van der Waals surface area contributed by atoms with Gasteiger partial charge in [-0.1, -0.05) is 66.7 Å². The van der Waals surface area contributed by atoms with Gasteiger partial charge in [0.25, 0.3) is 0 Å². The summed E-state index contributed by atoms with van der Waals surface area (Å²) >= 11 is 0. The average Bonchev–Trinajstić information content (AvgIpc) is 2.64. The zero-order valence-corrected chi connectivity index (χ0v) is 18.7. The third kappa shape index (κ3) is 6.66. The van der Waals surface area contributed by atoms with Crippen LogP contribution < -0.4 is 5.32 Å². The second kappa shape index (κ2) is 11.7. The lowest BCUT2D eigenvalue weighted by molar-refractivity contribution is 0.129. The number of likely N-dealkylation sites (tertiary alicyclic amines) is 1. The van der Waals surface area contributed by atoms with Crippen LogP contribution in [0.1, 0.15) is 30.4 Å². The van der Waals surface area contributed by atoms with Crippen LogP contribution in [0.25, 0.3) is 0 Å². The van der Waals surface area contributed by atoms with Crippen molar-refractivity contribution in [2.45, 2.75) is 37.9 Å². The van der Waals surface area contributed by atoms with Gasteiger partial charge >= 0.3 is 0 Å². The van der Waals surface area contributed by atoms with Crippen LogP contribution in [0.2, 0.25) is 0 Å². The zero-order valence-electron chi connectivity index (χ0n) is 15.3. The van der Waals surface area contributed by atoms with E-state index in [9.17, 15) is 0 Å². The monoisotopic (exact) mass is 480 g/mol. The predicted molar refractivity (Wildman–Crippen MR) is 122 cm³/mol. The maximum atomic E-state index is 3.99. The topological polar surface area (TPSA) is 15.3 Å². The van der Waals surface area contributed by atoms with Crippen molar-refractivity contribution < 1.29 is 0 Å². The third-order valence-corrected chi connectivity index (χ3v) is 5.11. The van der Waals surface area contributed by atoms with Gasteiger partial charge in [-0.15, -0.1) is 40.5 Å². The fraction of sp³-hybridized carbons (Fsp3) is 0.364. The Labute approximate surface area is 179 Å². The molecule has 1 aliphatic heterocycles. The Morgan fingerprint density at radius 2 is 1.42 bits per heavy atom. The van der Waals surface area contributed by atoms with Crippen molar-refractivity contribution in [3.63, 3.8) is 0 Å². The molecule has 0 amide bonds. The second-order valence-corrected chi connectivity index (χ2v) is 6.87. The summed E-state index contributed by atoms with van der Waals surface area (Å²) in [4.78, 5) is 2.57. The van der Waals surface area contributed by atoms with Crippen LogP contribution in [0.5, 0.6) is 0 Å². The summed E-state index contributed by atoms with van der Waals surface area (Å²) in [5.41, 5.74) is 2.96. The largest absolute Gasteiger partial charge is 0.307 e. The fourth-order valence-electron chi connectivity index (χ4n) is 3.60. The predicted octanol–water partition coefficient (Wildman–Crippen LogP) is 5.54. The summed E-state index contributed by atoms with van der Waals surface area (Å²) in [6.07, 6.45) is 5.47. The quantitative estimate of drug-likeness (QED) is 0.522. The van der Waals surface area contributed by atoms with E-state index in [1.165, 1.54) is 24.0 Å². The molecule has 0 aliphatic carbocycles. The van der Waals surface area contributed by atoms with Crippen LogP contribution >= 0.6 is 34.0 Å². The summed E-state index contributed by atoms with van der Waals surface area (Å²) in [6, 6.07) is 21.5. The molecule has 1 aliphatic rings. The maximum Gasteiger partial charge on any atom is 0.0243 e. The summed E-state index contributed by atoms with van der Waals surface area (Å²) in [5, 5.41) is 3.84. The third-order valence-electron chi connectivity index (χ3n) is 5.11. The molecule has 0 bridgehead atoms. The van der Waals surface area contributed by atoms with Crippen LogP contribution in [0.4, 0.5) is 0 Å². The molecule has 0 radical (unpaired) electrons. The van der Waals surface area contributed by atoms with Crippen molar-refractivity contribution in [1.82, 2.24) is 10.2 Å². The highest BCUT2D eigenvalue weighted by atomic mass is 79.9. The normalized spacial score (nSPS) is 16.2. The Bertz CT molecular complexity index is 623. The Kier molecular flexibility index (Phi) is 10.4. The molecule has 3 rings (SSSR count). The molecule has 2 aromatic rings. The molecule has 0 unspecified atom stereocenters. The zero-order chi connectivity index (χ0) is 16.7. The molecule has 1 N–H and O–H groups in total. The van der Waals surface area contributed by atoms with E-state index in [0.717, 1.165) is 32.6 Å². The lowest BCUT2D eigenvalue weighted by Crippen LogP contribution is -2.52. The molecule has 0 atom stereocenters. The molecular weight excluding hydrogens is 452 g/mol. The molecule has 1 heterocycles. The van der Waals surface area contributed by atoms with E-state index in [1.54, 1.807) is 0 Å². The van der Waals surface area contributed by atoms with Gasteiger partial charge in [-0.05, 0) is 30.4 Å².